The van der Waals surface area contributed by atoms with Crippen molar-refractivity contribution >= 4 is 0 Å². The lowest BCUT2D eigenvalue weighted by Gasteiger charge is -2.05. The van der Waals surface area contributed by atoms with Gasteiger partial charge in [0.05, 0.1) is 6.61 Å². The Labute approximate surface area is 90.4 Å². The van der Waals surface area contributed by atoms with Gasteiger partial charge in [-0.05, 0) is 37.1 Å². The zero-order valence-electron chi connectivity index (χ0n) is 9.35. The van der Waals surface area contributed by atoms with Crippen molar-refractivity contribution in [1.29, 1.82) is 0 Å². The number of rotatable bonds is 6. The molecule has 15 heavy (non-hydrogen) atoms. The van der Waals surface area contributed by atoms with Crippen molar-refractivity contribution in [2.45, 2.75) is 13.3 Å². The van der Waals surface area contributed by atoms with Crippen molar-refractivity contribution in [3.05, 3.63) is 35.1 Å². The molecule has 0 saturated carbocycles. The van der Waals surface area contributed by atoms with Crippen LogP contribution >= 0.6 is 0 Å². The summed E-state index contributed by atoms with van der Waals surface area (Å²) in [6.45, 7) is 4.18. The summed E-state index contributed by atoms with van der Waals surface area (Å²) in [6, 6.07) is 5.39. The largest absolute Gasteiger partial charge is 0.383 e. The van der Waals surface area contributed by atoms with E-state index in [2.05, 4.69) is 5.32 Å². The molecule has 1 aromatic rings. The van der Waals surface area contributed by atoms with E-state index in [0.717, 1.165) is 25.1 Å². The number of aryl methyl sites for hydroxylation is 1. The van der Waals surface area contributed by atoms with Crippen LogP contribution in [0.25, 0.3) is 0 Å². The molecule has 0 unspecified atom stereocenters. The number of methoxy groups -OCH3 is 1. The summed E-state index contributed by atoms with van der Waals surface area (Å²) in [4.78, 5) is 0. The van der Waals surface area contributed by atoms with E-state index < -0.39 is 0 Å². The van der Waals surface area contributed by atoms with Crippen LogP contribution in [0.15, 0.2) is 18.2 Å². The van der Waals surface area contributed by atoms with Crippen LogP contribution in [-0.2, 0) is 11.2 Å². The Morgan fingerprint density at radius 2 is 2.13 bits per heavy atom. The lowest BCUT2D eigenvalue weighted by Crippen LogP contribution is -2.21. The summed E-state index contributed by atoms with van der Waals surface area (Å²) in [6.07, 6.45) is 0.848. The molecule has 0 spiro atoms. The molecule has 0 amide bonds. The number of halogens is 1. The minimum atomic E-state index is -0.121. The van der Waals surface area contributed by atoms with Crippen molar-refractivity contribution < 1.29 is 9.13 Å². The highest BCUT2D eigenvalue weighted by Gasteiger charge is 1.98. The topological polar surface area (TPSA) is 21.3 Å². The summed E-state index contributed by atoms with van der Waals surface area (Å²) >= 11 is 0. The van der Waals surface area contributed by atoms with Crippen LogP contribution in [-0.4, -0.2) is 26.8 Å². The summed E-state index contributed by atoms with van der Waals surface area (Å²) in [5.41, 5.74) is 1.73. The van der Waals surface area contributed by atoms with E-state index in [1.807, 2.05) is 12.1 Å². The van der Waals surface area contributed by atoms with E-state index in [0.29, 0.717) is 12.2 Å². The van der Waals surface area contributed by atoms with Crippen molar-refractivity contribution in [2.75, 3.05) is 26.8 Å². The Balaban J connectivity index is 2.28. The number of benzene rings is 1. The maximum absolute atomic E-state index is 13.2. The minimum absolute atomic E-state index is 0.121. The van der Waals surface area contributed by atoms with E-state index in [1.54, 1.807) is 20.1 Å². The fourth-order valence-electron chi connectivity index (χ4n) is 1.32. The van der Waals surface area contributed by atoms with E-state index in [4.69, 9.17) is 4.74 Å². The highest BCUT2D eigenvalue weighted by molar-refractivity contribution is 5.23. The fourth-order valence-corrected chi connectivity index (χ4v) is 1.32. The molecular weight excluding hydrogens is 193 g/mol. The molecule has 0 heterocycles. The lowest BCUT2D eigenvalue weighted by atomic mass is 10.1. The molecule has 1 N–H and O–H groups in total. The van der Waals surface area contributed by atoms with Crippen LogP contribution in [0, 0.1) is 12.7 Å². The summed E-state index contributed by atoms with van der Waals surface area (Å²) in [7, 11) is 1.68. The smallest absolute Gasteiger partial charge is 0.126 e. The van der Waals surface area contributed by atoms with E-state index in [9.17, 15) is 4.39 Å². The molecule has 3 heteroatoms. The molecule has 84 valence electrons. The first-order chi connectivity index (χ1) is 7.24. The second-order valence-corrected chi connectivity index (χ2v) is 3.58. The zero-order valence-corrected chi connectivity index (χ0v) is 9.35. The maximum atomic E-state index is 13.2. The maximum Gasteiger partial charge on any atom is 0.126 e. The highest BCUT2D eigenvalue weighted by atomic mass is 19.1. The van der Waals surface area contributed by atoms with Gasteiger partial charge in [-0.25, -0.2) is 4.39 Å². The molecule has 0 radical (unpaired) electrons. The van der Waals surface area contributed by atoms with Gasteiger partial charge in [0.2, 0.25) is 0 Å². The van der Waals surface area contributed by atoms with Gasteiger partial charge in [0.1, 0.15) is 5.82 Å². The quantitative estimate of drug-likeness (QED) is 0.726. The molecule has 0 fully saturated rings. The molecule has 1 aromatic carbocycles. The van der Waals surface area contributed by atoms with Gasteiger partial charge in [-0.15, -0.1) is 0 Å². The molecule has 2 nitrogen and oxygen atoms in total. The van der Waals surface area contributed by atoms with Crippen molar-refractivity contribution in [3.8, 4) is 0 Å². The molecule has 0 aliphatic heterocycles. The van der Waals surface area contributed by atoms with Crippen LogP contribution in [0.1, 0.15) is 11.1 Å². The number of nitrogens with one attached hydrogen (secondary N) is 1. The average Bonchev–Trinajstić information content (AvgIpc) is 2.23. The van der Waals surface area contributed by atoms with Gasteiger partial charge >= 0.3 is 0 Å². The Morgan fingerprint density at radius 1 is 1.33 bits per heavy atom. The third kappa shape index (κ3) is 4.40. The summed E-state index contributed by atoms with van der Waals surface area (Å²) < 4.78 is 18.1. The zero-order chi connectivity index (χ0) is 11.1. The van der Waals surface area contributed by atoms with Crippen molar-refractivity contribution in [3.63, 3.8) is 0 Å². The molecule has 1 rings (SSSR count). The average molecular weight is 211 g/mol. The first-order valence-corrected chi connectivity index (χ1v) is 5.18. The standard InChI is InChI=1S/C12H18FNO/c1-10-3-4-11(9-12(10)13)5-6-14-7-8-15-2/h3-4,9,14H,5-8H2,1-2H3. The van der Waals surface area contributed by atoms with Gasteiger partial charge in [0.25, 0.3) is 0 Å². The highest BCUT2D eigenvalue weighted by Crippen LogP contribution is 2.09. The minimum Gasteiger partial charge on any atom is -0.383 e. The fraction of sp³-hybridized carbons (Fsp3) is 0.500. The monoisotopic (exact) mass is 211 g/mol. The van der Waals surface area contributed by atoms with Crippen molar-refractivity contribution in [2.24, 2.45) is 0 Å². The summed E-state index contributed by atoms with van der Waals surface area (Å²) in [5.74, 6) is -0.121. The van der Waals surface area contributed by atoms with Crippen LogP contribution in [0.4, 0.5) is 4.39 Å². The van der Waals surface area contributed by atoms with Gasteiger partial charge in [-0.3, -0.25) is 0 Å². The van der Waals surface area contributed by atoms with Crippen LogP contribution in [0.3, 0.4) is 0 Å². The third-order valence-electron chi connectivity index (χ3n) is 2.31. The first-order valence-electron chi connectivity index (χ1n) is 5.18. The molecule has 0 saturated heterocycles. The second kappa shape index (κ2) is 6.53. The van der Waals surface area contributed by atoms with Gasteiger partial charge in [0, 0.05) is 13.7 Å². The molecule has 0 aromatic heterocycles. The number of hydrogen-bond acceptors (Lipinski definition) is 2. The number of ether oxygens (including phenoxy) is 1. The first kappa shape index (κ1) is 12.1. The Bertz CT molecular complexity index is 302. The Hall–Kier alpha value is -0.930. The van der Waals surface area contributed by atoms with Gasteiger partial charge in [0.15, 0.2) is 0 Å². The summed E-state index contributed by atoms with van der Waals surface area (Å²) in [5, 5.41) is 3.22. The second-order valence-electron chi connectivity index (χ2n) is 3.58. The van der Waals surface area contributed by atoms with E-state index >= 15 is 0 Å². The van der Waals surface area contributed by atoms with Crippen LogP contribution in [0.5, 0.6) is 0 Å². The molecule has 0 aliphatic carbocycles. The van der Waals surface area contributed by atoms with Crippen molar-refractivity contribution in [1.82, 2.24) is 5.32 Å². The number of hydrogen-bond donors (Lipinski definition) is 1. The third-order valence-corrected chi connectivity index (χ3v) is 2.31. The van der Waals surface area contributed by atoms with Gasteiger partial charge in [-0.1, -0.05) is 12.1 Å². The molecule has 0 aliphatic rings. The molecular formula is C12H18FNO. The SMILES string of the molecule is COCCNCCc1ccc(C)c(F)c1. The predicted molar refractivity (Wildman–Crippen MR) is 59.6 cm³/mol. The van der Waals surface area contributed by atoms with Crippen LogP contribution in [0.2, 0.25) is 0 Å². The normalized spacial score (nSPS) is 10.6. The van der Waals surface area contributed by atoms with E-state index in [1.165, 1.54) is 0 Å². The molecule has 0 bridgehead atoms. The predicted octanol–water partition coefficient (Wildman–Crippen LogP) is 1.91. The van der Waals surface area contributed by atoms with Crippen LogP contribution < -0.4 is 5.32 Å². The lowest BCUT2D eigenvalue weighted by molar-refractivity contribution is 0.199. The Morgan fingerprint density at radius 3 is 2.80 bits per heavy atom. The van der Waals surface area contributed by atoms with Gasteiger partial charge in [-0.2, -0.15) is 0 Å². The van der Waals surface area contributed by atoms with Gasteiger partial charge < -0.3 is 10.1 Å². The Kier molecular flexibility index (Phi) is 5.29. The van der Waals surface area contributed by atoms with E-state index in [-0.39, 0.29) is 5.82 Å². The molecule has 0 atom stereocenters.